The average molecular weight is 304 g/mol. The number of rotatable bonds is 0. The molecule has 0 bridgehead atoms. The summed E-state index contributed by atoms with van der Waals surface area (Å²) in [6, 6.07) is 0. The fraction of sp³-hybridized carbons (Fsp3) is 0. The second-order valence-corrected chi connectivity index (χ2v) is 3.86. The topological polar surface area (TPSA) is 0 Å². The summed E-state index contributed by atoms with van der Waals surface area (Å²) in [5, 5.41) is 0. The van der Waals surface area contributed by atoms with Gasteiger partial charge >= 0.3 is 89.8 Å². The van der Waals surface area contributed by atoms with Crippen molar-refractivity contribution in [2.45, 2.75) is 0 Å². The van der Waals surface area contributed by atoms with Crippen LogP contribution in [0.15, 0.2) is 0 Å². The van der Waals surface area contributed by atoms with E-state index in [1.54, 1.807) is 0 Å². The third kappa shape index (κ3) is 2.33. The molecule has 0 amide bonds. The van der Waals surface area contributed by atoms with Gasteiger partial charge in [0.1, 0.15) is 0 Å². The molecule has 16 heavy (non-hydrogen) atoms. The molecule has 86 valence electrons. The van der Waals surface area contributed by atoms with Crippen LogP contribution in [0.4, 0.5) is 28.9 Å². The Bertz CT molecular complexity index is 456. The van der Waals surface area contributed by atoms with Gasteiger partial charge in [-0.15, -0.1) is 0 Å². The van der Waals surface area contributed by atoms with Crippen molar-refractivity contribution in [2.24, 2.45) is 0 Å². The number of benzene rings is 1. The minimum absolute atomic E-state index is 1.14. The first-order chi connectivity index (χ1) is 7.36. The molecule has 1 aromatic rings. The van der Waals surface area contributed by atoms with E-state index in [0.29, 0.717) is 0 Å². The summed E-state index contributed by atoms with van der Waals surface area (Å²) in [6.45, 7) is 0. The van der Waals surface area contributed by atoms with E-state index in [2.05, 4.69) is 0 Å². The Morgan fingerprint density at radius 3 is 1.44 bits per heavy atom. The molecular weight excluding hydrogens is 304 g/mol. The monoisotopic (exact) mass is 304 g/mol. The van der Waals surface area contributed by atoms with Crippen molar-refractivity contribution < 1.29 is 28.9 Å². The van der Waals surface area contributed by atoms with Gasteiger partial charge in [0.25, 0.3) is 0 Å². The summed E-state index contributed by atoms with van der Waals surface area (Å²) in [5.74, 6) is -9.93. The second kappa shape index (κ2) is 4.79. The van der Waals surface area contributed by atoms with Crippen LogP contribution in [0.1, 0.15) is 5.56 Å². The van der Waals surface area contributed by atoms with Gasteiger partial charge in [-0.3, -0.25) is 0 Å². The van der Waals surface area contributed by atoms with Gasteiger partial charge in [-0.25, -0.2) is 0 Å². The van der Waals surface area contributed by atoms with E-state index in [1.807, 2.05) is 0 Å². The molecular formula is C8AsF7. The molecule has 0 radical (unpaired) electrons. The summed E-state index contributed by atoms with van der Waals surface area (Å²) in [7, 11) is 0. The molecule has 0 aromatic heterocycles. The van der Waals surface area contributed by atoms with Crippen molar-refractivity contribution in [3.05, 3.63) is 34.6 Å². The first-order valence-electron chi connectivity index (χ1n) is 3.51. The molecule has 1 aromatic carbocycles. The molecule has 0 aliphatic heterocycles. The van der Waals surface area contributed by atoms with Crippen LogP contribution >= 0.6 is 0 Å². The first-order valence-corrected chi connectivity index (χ1v) is 5.86. The molecule has 0 fully saturated rings. The van der Waals surface area contributed by atoms with Gasteiger partial charge in [-0.2, -0.15) is 0 Å². The molecule has 0 heterocycles. The molecule has 0 saturated heterocycles. The quantitative estimate of drug-likeness (QED) is 0.227. The predicted molar refractivity (Wildman–Crippen MR) is 41.1 cm³/mol. The van der Waals surface area contributed by atoms with Crippen LogP contribution in [0.3, 0.4) is 0 Å². The summed E-state index contributed by atoms with van der Waals surface area (Å²) in [6.07, 6.45) is 0. The third-order valence-corrected chi connectivity index (χ3v) is 2.06. The normalized spacial score (nSPS) is 10.2. The van der Waals surface area contributed by atoms with Crippen molar-refractivity contribution in [3.8, 4) is 10.6 Å². The van der Waals surface area contributed by atoms with Crippen molar-refractivity contribution in [2.75, 3.05) is 0 Å². The third-order valence-electron chi connectivity index (χ3n) is 1.48. The maximum absolute atomic E-state index is 12.8. The zero-order chi connectivity index (χ0) is 12.5. The summed E-state index contributed by atoms with van der Waals surface area (Å²) in [4.78, 5) is 0. The molecule has 1 rings (SSSR count). The maximum atomic E-state index is 12.8. The van der Waals surface area contributed by atoms with E-state index in [0.717, 1.165) is 4.71 Å². The van der Waals surface area contributed by atoms with Crippen LogP contribution < -0.4 is 0 Å². The SMILES string of the molecule is Fc1c(F)c(F)c(C#C[As](F)F)c(F)c1F. The van der Waals surface area contributed by atoms with E-state index in [-0.39, 0.29) is 0 Å². The summed E-state index contributed by atoms with van der Waals surface area (Å²) >= 11 is -4.52. The Kier molecular flexibility index (Phi) is 3.87. The summed E-state index contributed by atoms with van der Waals surface area (Å²) in [5.41, 5.74) is -1.54. The van der Waals surface area contributed by atoms with Crippen molar-refractivity contribution in [3.63, 3.8) is 0 Å². The van der Waals surface area contributed by atoms with Crippen LogP contribution in [0, 0.1) is 39.7 Å². The van der Waals surface area contributed by atoms with Crippen molar-refractivity contribution >= 4 is 15.6 Å². The molecule has 0 nitrogen and oxygen atoms in total. The molecule has 0 aliphatic rings. The Morgan fingerprint density at radius 2 is 1.06 bits per heavy atom. The fourth-order valence-corrected chi connectivity index (χ4v) is 1.22. The zero-order valence-corrected chi connectivity index (χ0v) is 8.97. The van der Waals surface area contributed by atoms with Crippen LogP contribution in [-0.2, 0) is 0 Å². The molecule has 8 heteroatoms. The zero-order valence-electron chi connectivity index (χ0n) is 7.09. The van der Waals surface area contributed by atoms with Gasteiger partial charge in [0.15, 0.2) is 0 Å². The Hall–Kier alpha value is -1.15. The predicted octanol–water partition coefficient (Wildman–Crippen LogP) is 2.70. The van der Waals surface area contributed by atoms with E-state index in [9.17, 15) is 28.9 Å². The number of halogens is 7. The first kappa shape index (κ1) is 12.9. The molecule has 0 aliphatic carbocycles. The van der Waals surface area contributed by atoms with Gasteiger partial charge in [-0.1, -0.05) is 0 Å². The van der Waals surface area contributed by atoms with E-state index >= 15 is 0 Å². The van der Waals surface area contributed by atoms with Crippen molar-refractivity contribution in [1.82, 2.24) is 0 Å². The van der Waals surface area contributed by atoms with Gasteiger partial charge in [0.05, 0.1) is 0 Å². The minimum atomic E-state index is -4.52. The van der Waals surface area contributed by atoms with E-state index in [4.69, 9.17) is 0 Å². The number of hydrogen-bond donors (Lipinski definition) is 0. The van der Waals surface area contributed by atoms with Gasteiger partial charge < -0.3 is 0 Å². The molecule has 0 atom stereocenters. The fourth-order valence-electron chi connectivity index (χ4n) is 0.813. The Balaban J connectivity index is 3.48. The van der Waals surface area contributed by atoms with Crippen LogP contribution in [0.25, 0.3) is 0 Å². The molecule has 0 saturated carbocycles. The average Bonchev–Trinajstić information content (AvgIpc) is 2.23. The Morgan fingerprint density at radius 1 is 0.688 bits per heavy atom. The van der Waals surface area contributed by atoms with Gasteiger partial charge in [0.2, 0.25) is 0 Å². The number of hydrogen-bond acceptors (Lipinski definition) is 0. The molecule has 0 unspecified atom stereocenters. The van der Waals surface area contributed by atoms with Gasteiger partial charge in [-0.05, 0) is 0 Å². The standard InChI is InChI=1S/C8AsF7/c10-4-3(1-2-9(15)16)5(11)7(13)8(14)6(4)12. The second-order valence-electron chi connectivity index (χ2n) is 2.41. The van der Waals surface area contributed by atoms with E-state index in [1.165, 1.54) is 5.92 Å². The van der Waals surface area contributed by atoms with Crippen LogP contribution in [-0.4, -0.2) is 15.6 Å². The van der Waals surface area contributed by atoms with Crippen LogP contribution in [0.2, 0.25) is 0 Å². The van der Waals surface area contributed by atoms with E-state index < -0.39 is 50.2 Å². The van der Waals surface area contributed by atoms with Crippen molar-refractivity contribution in [1.29, 1.82) is 0 Å². The molecule has 0 N–H and O–H groups in total. The Labute approximate surface area is 90.3 Å². The molecule has 0 spiro atoms. The summed E-state index contributed by atoms with van der Waals surface area (Å²) < 4.78 is 87.7. The van der Waals surface area contributed by atoms with Crippen LogP contribution in [0.5, 0.6) is 0 Å². The van der Waals surface area contributed by atoms with Gasteiger partial charge in [0, 0.05) is 0 Å².